The number of nitrogens with zero attached hydrogens (tertiary/aromatic N) is 2. The van der Waals surface area contributed by atoms with E-state index in [1.165, 1.54) is 45.1 Å². The molecule has 1 saturated carbocycles. The fraction of sp³-hybridized carbons (Fsp3) is 0.950. The minimum atomic E-state index is 0.00510. The van der Waals surface area contributed by atoms with Crippen LogP contribution in [-0.4, -0.2) is 73.7 Å². The lowest BCUT2D eigenvalue weighted by Gasteiger charge is -2.43. The predicted octanol–water partition coefficient (Wildman–Crippen LogP) is 2.40. The van der Waals surface area contributed by atoms with E-state index < -0.39 is 0 Å². The number of rotatable bonds is 6. The Hall–Kier alpha value is -0.650. The molecule has 2 saturated heterocycles. The summed E-state index contributed by atoms with van der Waals surface area (Å²) in [5, 5.41) is 3.49. The van der Waals surface area contributed by atoms with Crippen LogP contribution in [0, 0.1) is 0 Å². The monoisotopic (exact) mass is 351 g/mol. The summed E-state index contributed by atoms with van der Waals surface area (Å²) in [6.07, 6.45) is 11.6. The molecule has 144 valence electrons. The summed E-state index contributed by atoms with van der Waals surface area (Å²) >= 11 is 0. The number of likely N-dealkylation sites (tertiary alicyclic amines) is 1. The molecule has 0 aromatic carbocycles. The summed E-state index contributed by atoms with van der Waals surface area (Å²) in [6, 6.07) is 0.598. The van der Waals surface area contributed by atoms with E-state index in [2.05, 4.69) is 22.2 Å². The first kappa shape index (κ1) is 19.1. The van der Waals surface area contributed by atoms with Crippen molar-refractivity contribution in [3.63, 3.8) is 0 Å². The number of hydrogen-bond donors (Lipinski definition) is 1. The first-order chi connectivity index (χ1) is 12.2. The summed E-state index contributed by atoms with van der Waals surface area (Å²) in [4.78, 5) is 17.7. The largest absolute Gasteiger partial charge is 0.379 e. The van der Waals surface area contributed by atoms with Crippen molar-refractivity contribution in [3.05, 3.63) is 0 Å². The van der Waals surface area contributed by atoms with Gasteiger partial charge in [0.2, 0.25) is 5.91 Å². The highest BCUT2D eigenvalue weighted by Gasteiger charge is 2.35. The molecule has 1 N–H and O–H groups in total. The predicted molar refractivity (Wildman–Crippen MR) is 101 cm³/mol. The van der Waals surface area contributed by atoms with Crippen molar-refractivity contribution < 1.29 is 9.53 Å². The van der Waals surface area contributed by atoms with Crippen LogP contribution in [0.15, 0.2) is 0 Å². The normalized spacial score (nSPS) is 28.6. The maximum Gasteiger partial charge on any atom is 0.220 e. The average Bonchev–Trinajstić information content (AvgIpc) is 2.62. The van der Waals surface area contributed by atoms with Crippen molar-refractivity contribution in [1.82, 2.24) is 15.1 Å². The zero-order valence-corrected chi connectivity index (χ0v) is 16.1. The summed E-state index contributed by atoms with van der Waals surface area (Å²) < 4.78 is 5.49. The molecule has 3 rings (SSSR count). The third-order valence-corrected chi connectivity index (χ3v) is 6.47. The molecule has 0 aromatic rings. The Morgan fingerprint density at radius 1 is 1.08 bits per heavy atom. The molecular weight excluding hydrogens is 314 g/mol. The lowest BCUT2D eigenvalue weighted by Crippen LogP contribution is -2.58. The molecule has 1 atom stereocenters. The number of morpholine rings is 1. The SMILES string of the molecule is CN1CCCC[C@@H]1CCC(=O)NC1(CN2CCOCC2)CCCCC1. The van der Waals surface area contributed by atoms with E-state index in [1.54, 1.807) is 0 Å². The number of hydrogen-bond acceptors (Lipinski definition) is 4. The van der Waals surface area contributed by atoms with Gasteiger partial charge in [0.15, 0.2) is 0 Å². The van der Waals surface area contributed by atoms with Crippen LogP contribution < -0.4 is 5.32 Å². The molecule has 3 aliphatic rings. The fourth-order valence-electron chi connectivity index (χ4n) is 4.90. The van der Waals surface area contributed by atoms with Crippen LogP contribution in [0.2, 0.25) is 0 Å². The number of carbonyl (C=O) groups is 1. The third-order valence-electron chi connectivity index (χ3n) is 6.47. The lowest BCUT2D eigenvalue weighted by molar-refractivity contribution is -0.124. The van der Waals surface area contributed by atoms with Crippen molar-refractivity contribution >= 4 is 5.91 Å². The maximum atomic E-state index is 12.7. The van der Waals surface area contributed by atoms with Gasteiger partial charge in [-0.25, -0.2) is 0 Å². The highest BCUT2D eigenvalue weighted by molar-refractivity contribution is 5.76. The fourth-order valence-corrected chi connectivity index (χ4v) is 4.90. The molecule has 5 nitrogen and oxygen atoms in total. The van der Waals surface area contributed by atoms with Gasteiger partial charge in [-0.2, -0.15) is 0 Å². The molecule has 2 heterocycles. The highest BCUT2D eigenvalue weighted by atomic mass is 16.5. The zero-order valence-electron chi connectivity index (χ0n) is 16.1. The molecule has 0 spiro atoms. The zero-order chi connectivity index (χ0) is 17.5. The Balaban J connectivity index is 1.51. The van der Waals surface area contributed by atoms with E-state index in [0.717, 1.165) is 52.1 Å². The summed E-state index contributed by atoms with van der Waals surface area (Å²) in [6.45, 7) is 5.86. The Morgan fingerprint density at radius 2 is 1.84 bits per heavy atom. The Labute approximate surface area is 153 Å². The topological polar surface area (TPSA) is 44.8 Å². The van der Waals surface area contributed by atoms with Crippen LogP contribution in [0.4, 0.5) is 0 Å². The van der Waals surface area contributed by atoms with Crippen LogP contribution in [0.25, 0.3) is 0 Å². The van der Waals surface area contributed by atoms with Gasteiger partial charge in [0.05, 0.1) is 18.8 Å². The molecule has 25 heavy (non-hydrogen) atoms. The van der Waals surface area contributed by atoms with Gasteiger partial charge < -0.3 is 15.0 Å². The smallest absolute Gasteiger partial charge is 0.220 e. The van der Waals surface area contributed by atoms with Crippen molar-refractivity contribution in [2.24, 2.45) is 0 Å². The van der Waals surface area contributed by atoms with Crippen LogP contribution in [-0.2, 0) is 9.53 Å². The van der Waals surface area contributed by atoms with Crippen molar-refractivity contribution in [2.45, 2.75) is 75.8 Å². The summed E-state index contributed by atoms with van der Waals surface area (Å²) in [5.41, 5.74) is 0.00510. The molecule has 5 heteroatoms. The number of amides is 1. The van der Waals surface area contributed by atoms with Gasteiger partial charge in [-0.15, -0.1) is 0 Å². The van der Waals surface area contributed by atoms with E-state index in [4.69, 9.17) is 4.74 Å². The van der Waals surface area contributed by atoms with Gasteiger partial charge in [-0.3, -0.25) is 9.69 Å². The molecule has 0 bridgehead atoms. The van der Waals surface area contributed by atoms with E-state index in [1.807, 2.05) is 0 Å². The first-order valence-electron chi connectivity index (χ1n) is 10.5. The standard InChI is InChI=1S/C20H37N3O2/c1-22-12-6-3-7-18(22)8-9-19(24)21-20(10-4-2-5-11-20)17-23-13-15-25-16-14-23/h18H,2-17H2,1H3,(H,21,24)/t18-/m1/s1. The molecule has 1 amide bonds. The molecule has 0 aromatic heterocycles. The molecule has 2 aliphatic heterocycles. The number of ether oxygens (including phenoxy) is 1. The Morgan fingerprint density at radius 3 is 2.56 bits per heavy atom. The van der Waals surface area contributed by atoms with E-state index in [0.29, 0.717) is 12.5 Å². The molecule has 3 fully saturated rings. The number of nitrogens with one attached hydrogen (secondary N) is 1. The quantitative estimate of drug-likeness (QED) is 0.798. The lowest BCUT2D eigenvalue weighted by atomic mass is 9.80. The Kier molecular flexibility index (Phi) is 7.14. The molecule has 0 radical (unpaired) electrons. The number of carbonyl (C=O) groups excluding carboxylic acids is 1. The van der Waals surface area contributed by atoms with Gasteiger partial charge in [0.25, 0.3) is 0 Å². The van der Waals surface area contributed by atoms with Crippen LogP contribution in [0.1, 0.15) is 64.2 Å². The molecule has 0 unspecified atom stereocenters. The minimum Gasteiger partial charge on any atom is -0.379 e. The van der Waals surface area contributed by atoms with Crippen molar-refractivity contribution in [1.29, 1.82) is 0 Å². The van der Waals surface area contributed by atoms with Gasteiger partial charge in [-0.05, 0) is 45.7 Å². The van der Waals surface area contributed by atoms with E-state index >= 15 is 0 Å². The average molecular weight is 352 g/mol. The highest BCUT2D eigenvalue weighted by Crippen LogP contribution is 2.30. The van der Waals surface area contributed by atoms with Gasteiger partial charge >= 0.3 is 0 Å². The first-order valence-corrected chi connectivity index (χ1v) is 10.5. The van der Waals surface area contributed by atoms with Crippen LogP contribution in [0.3, 0.4) is 0 Å². The molecular formula is C20H37N3O2. The van der Waals surface area contributed by atoms with Gasteiger partial charge in [-0.1, -0.05) is 25.7 Å². The van der Waals surface area contributed by atoms with E-state index in [9.17, 15) is 4.79 Å². The van der Waals surface area contributed by atoms with Crippen LogP contribution >= 0.6 is 0 Å². The van der Waals surface area contributed by atoms with E-state index in [-0.39, 0.29) is 11.4 Å². The molecule has 1 aliphatic carbocycles. The maximum absolute atomic E-state index is 12.7. The summed E-state index contributed by atoms with van der Waals surface area (Å²) in [7, 11) is 2.21. The van der Waals surface area contributed by atoms with Crippen LogP contribution in [0.5, 0.6) is 0 Å². The second-order valence-electron chi connectivity index (χ2n) is 8.45. The van der Waals surface area contributed by atoms with Gasteiger partial charge in [0, 0.05) is 32.1 Å². The second-order valence-corrected chi connectivity index (χ2v) is 8.45. The summed E-state index contributed by atoms with van der Waals surface area (Å²) in [5.74, 6) is 0.272. The third kappa shape index (κ3) is 5.66. The Bertz CT molecular complexity index is 417. The van der Waals surface area contributed by atoms with Crippen molar-refractivity contribution in [3.8, 4) is 0 Å². The second kappa shape index (κ2) is 9.33. The minimum absolute atomic E-state index is 0.00510. The van der Waals surface area contributed by atoms with Crippen molar-refractivity contribution in [2.75, 3.05) is 46.4 Å². The van der Waals surface area contributed by atoms with Gasteiger partial charge in [0.1, 0.15) is 0 Å². The number of piperidine rings is 1.